The van der Waals surface area contributed by atoms with Gasteiger partial charge in [-0.15, -0.1) is 0 Å². The lowest BCUT2D eigenvalue weighted by molar-refractivity contribution is 0.804. The second-order valence-electron chi connectivity index (χ2n) is 2.03. The predicted octanol–water partition coefficient (Wildman–Crippen LogP) is 1.57. The molecule has 0 aromatic carbocycles. The lowest BCUT2D eigenvalue weighted by Crippen LogP contribution is -2.26. The van der Waals surface area contributed by atoms with E-state index >= 15 is 0 Å². The van der Waals surface area contributed by atoms with Crippen LogP contribution in [0.5, 0.6) is 0 Å². The first-order valence-corrected chi connectivity index (χ1v) is 4.23. The van der Waals surface area contributed by atoms with E-state index in [4.69, 9.17) is 34.8 Å². The van der Waals surface area contributed by atoms with E-state index in [-0.39, 0.29) is 5.82 Å². The van der Waals surface area contributed by atoms with Crippen LogP contribution in [0.1, 0.15) is 5.82 Å². The van der Waals surface area contributed by atoms with E-state index < -0.39 is 9.48 Å². The summed E-state index contributed by atoms with van der Waals surface area (Å²) in [5, 5.41) is 0. The van der Waals surface area contributed by atoms with Crippen LogP contribution >= 0.6 is 34.8 Å². The van der Waals surface area contributed by atoms with E-state index in [2.05, 4.69) is 16.5 Å². The molecule has 0 aliphatic heterocycles. The highest BCUT2D eigenvalue weighted by Gasteiger charge is 2.28. The van der Waals surface area contributed by atoms with E-state index in [1.54, 1.807) is 0 Å². The molecule has 0 saturated heterocycles. The minimum atomic E-state index is -1.77. The molecule has 1 aromatic rings. The Bertz CT molecular complexity index is 381. The van der Waals surface area contributed by atoms with Gasteiger partial charge < -0.3 is 0 Å². The van der Waals surface area contributed by atoms with Gasteiger partial charge in [-0.3, -0.25) is 4.57 Å². The Morgan fingerprint density at radius 1 is 1.46 bits per heavy atom. The van der Waals surface area contributed by atoms with Crippen molar-refractivity contribution in [2.24, 2.45) is 0 Å². The van der Waals surface area contributed by atoms with Crippen molar-refractivity contribution in [2.45, 2.75) is 3.79 Å². The fourth-order valence-corrected chi connectivity index (χ4v) is 1.14. The molecule has 1 heterocycles. The van der Waals surface area contributed by atoms with E-state index in [0.29, 0.717) is 0 Å². The van der Waals surface area contributed by atoms with Crippen LogP contribution in [0.3, 0.4) is 0 Å². The van der Waals surface area contributed by atoms with Crippen LogP contribution in [-0.4, -0.2) is 14.5 Å². The lowest BCUT2D eigenvalue weighted by atomic mass is 10.6. The summed E-state index contributed by atoms with van der Waals surface area (Å²) in [7, 11) is 0. The van der Waals surface area contributed by atoms with Crippen LogP contribution in [0.2, 0.25) is 0 Å². The highest BCUT2D eigenvalue weighted by molar-refractivity contribution is 6.66. The average Bonchev–Trinajstić information content (AvgIpc) is 2.02. The summed E-state index contributed by atoms with van der Waals surface area (Å²) in [4.78, 5) is 18.1. The third kappa shape index (κ3) is 2.21. The van der Waals surface area contributed by atoms with Gasteiger partial charge in [0.05, 0.1) is 0 Å². The molecule has 0 bridgehead atoms. The highest BCUT2D eigenvalue weighted by atomic mass is 35.6. The number of hydrogen-bond acceptors (Lipinski definition) is 3. The molecule has 0 saturated carbocycles. The van der Waals surface area contributed by atoms with E-state index in [0.717, 1.165) is 10.9 Å². The standard InChI is InChI=1S/C6H4Cl3N3O/c1-2-12-4(6(7,8)9)10-3-11-5(12)13/h2-3H,1H2. The molecular weight excluding hydrogens is 236 g/mol. The lowest BCUT2D eigenvalue weighted by Gasteiger charge is -2.12. The van der Waals surface area contributed by atoms with Crippen LogP contribution < -0.4 is 5.69 Å². The molecule has 0 spiro atoms. The molecule has 0 unspecified atom stereocenters. The van der Waals surface area contributed by atoms with E-state index in [9.17, 15) is 4.79 Å². The Morgan fingerprint density at radius 2 is 2.08 bits per heavy atom. The van der Waals surface area contributed by atoms with E-state index in [1.165, 1.54) is 6.20 Å². The summed E-state index contributed by atoms with van der Waals surface area (Å²) in [5.74, 6) is -0.0347. The molecule has 0 amide bonds. The molecule has 0 fully saturated rings. The van der Waals surface area contributed by atoms with Gasteiger partial charge in [0.15, 0.2) is 5.82 Å². The molecule has 4 nitrogen and oxygen atoms in total. The van der Waals surface area contributed by atoms with Crippen LogP contribution in [0.15, 0.2) is 17.7 Å². The normalized spacial score (nSPS) is 11.3. The molecule has 0 N–H and O–H groups in total. The van der Waals surface area contributed by atoms with Crippen molar-refractivity contribution in [3.63, 3.8) is 0 Å². The summed E-state index contributed by atoms with van der Waals surface area (Å²) >= 11 is 16.6. The first-order valence-electron chi connectivity index (χ1n) is 3.10. The summed E-state index contributed by atoms with van der Waals surface area (Å²) in [6, 6.07) is 0. The minimum Gasteiger partial charge on any atom is -0.252 e. The fourth-order valence-electron chi connectivity index (χ4n) is 0.722. The van der Waals surface area contributed by atoms with Crippen molar-refractivity contribution in [1.82, 2.24) is 14.5 Å². The zero-order valence-electron chi connectivity index (χ0n) is 6.25. The number of nitrogens with zero attached hydrogens (tertiary/aromatic N) is 3. The Balaban J connectivity index is 3.46. The number of hydrogen-bond donors (Lipinski definition) is 0. The van der Waals surface area contributed by atoms with Crippen LogP contribution in [-0.2, 0) is 3.79 Å². The SMILES string of the molecule is C=Cn1c(C(Cl)(Cl)Cl)ncnc1=O. The zero-order chi connectivity index (χ0) is 10.1. The van der Waals surface area contributed by atoms with Crippen LogP contribution in [0, 0.1) is 0 Å². The molecule has 0 radical (unpaired) electrons. The van der Waals surface area contributed by atoms with Crippen molar-refractivity contribution in [3.05, 3.63) is 29.2 Å². The summed E-state index contributed by atoms with van der Waals surface area (Å²) < 4.78 is -0.802. The molecular formula is C6H4Cl3N3O. The van der Waals surface area contributed by atoms with Gasteiger partial charge in [-0.05, 0) is 0 Å². The van der Waals surface area contributed by atoms with Gasteiger partial charge >= 0.3 is 5.69 Å². The molecule has 7 heteroatoms. The topological polar surface area (TPSA) is 47.8 Å². The number of aromatic nitrogens is 3. The first-order chi connectivity index (χ1) is 5.96. The van der Waals surface area contributed by atoms with Gasteiger partial charge in [-0.1, -0.05) is 41.4 Å². The van der Waals surface area contributed by atoms with Crippen molar-refractivity contribution in [2.75, 3.05) is 0 Å². The Hall–Kier alpha value is -0.580. The summed E-state index contributed by atoms with van der Waals surface area (Å²) in [5.41, 5.74) is -0.591. The predicted molar refractivity (Wildman–Crippen MR) is 51.9 cm³/mol. The van der Waals surface area contributed by atoms with E-state index in [1.807, 2.05) is 0 Å². The van der Waals surface area contributed by atoms with Crippen molar-refractivity contribution in [3.8, 4) is 0 Å². The third-order valence-electron chi connectivity index (χ3n) is 1.22. The van der Waals surface area contributed by atoms with Crippen molar-refractivity contribution in [1.29, 1.82) is 0 Å². The van der Waals surface area contributed by atoms with Crippen LogP contribution in [0.25, 0.3) is 6.20 Å². The highest BCUT2D eigenvalue weighted by Crippen LogP contribution is 2.35. The molecule has 13 heavy (non-hydrogen) atoms. The maximum Gasteiger partial charge on any atom is 0.354 e. The fraction of sp³-hybridized carbons (Fsp3) is 0.167. The molecule has 1 rings (SSSR count). The second kappa shape index (κ2) is 3.65. The van der Waals surface area contributed by atoms with Gasteiger partial charge in [0, 0.05) is 6.20 Å². The largest absolute Gasteiger partial charge is 0.354 e. The summed E-state index contributed by atoms with van der Waals surface area (Å²) in [6.07, 6.45) is 2.21. The molecule has 0 aliphatic carbocycles. The summed E-state index contributed by atoms with van der Waals surface area (Å²) in [6.45, 7) is 3.37. The van der Waals surface area contributed by atoms with Crippen LogP contribution in [0.4, 0.5) is 0 Å². The maximum atomic E-state index is 11.1. The average molecular weight is 240 g/mol. The van der Waals surface area contributed by atoms with Gasteiger partial charge in [-0.2, -0.15) is 4.98 Å². The molecule has 70 valence electrons. The Kier molecular flexibility index (Phi) is 2.95. The number of rotatable bonds is 1. The van der Waals surface area contributed by atoms with Gasteiger partial charge in [-0.25, -0.2) is 9.78 Å². The monoisotopic (exact) mass is 239 g/mol. The third-order valence-corrected chi connectivity index (χ3v) is 1.73. The second-order valence-corrected chi connectivity index (χ2v) is 4.31. The van der Waals surface area contributed by atoms with Crippen molar-refractivity contribution >= 4 is 41.0 Å². The molecule has 0 aliphatic rings. The molecule has 1 aromatic heterocycles. The molecule has 0 atom stereocenters. The maximum absolute atomic E-state index is 11.1. The zero-order valence-corrected chi connectivity index (χ0v) is 8.51. The van der Waals surface area contributed by atoms with Gasteiger partial charge in [0.25, 0.3) is 0 Å². The Morgan fingerprint density at radius 3 is 2.46 bits per heavy atom. The smallest absolute Gasteiger partial charge is 0.252 e. The minimum absolute atomic E-state index is 0.0347. The first kappa shape index (κ1) is 10.5. The number of halogens is 3. The van der Waals surface area contributed by atoms with Crippen molar-refractivity contribution < 1.29 is 0 Å². The number of alkyl halides is 3. The Labute approximate surface area is 88.8 Å². The quantitative estimate of drug-likeness (QED) is 0.700. The van der Waals surface area contributed by atoms with Gasteiger partial charge in [0.1, 0.15) is 6.33 Å². The van der Waals surface area contributed by atoms with Gasteiger partial charge in [0.2, 0.25) is 3.79 Å².